The zero-order chi connectivity index (χ0) is 12.4. The number of hydrogen-bond donors (Lipinski definition) is 2. The van der Waals surface area contributed by atoms with Crippen LogP contribution < -0.4 is 10.3 Å². The lowest BCUT2D eigenvalue weighted by atomic mass is 10.2. The molecule has 88 valence electrons. The summed E-state index contributed by atoms with van der Waals surface area (Å²) in [6, 6.07) is 4.78. The molecule has 0 radical (unpaired) electrons. The van der Waals surface area contributed by atoms with Crippen molar-refractivity contribution in [3.8, 4) is 17.4 Å². The summed E-state index contributed by atoms with van der Waals surface area (Å²) < 4.78 is 5.62. The van der Waals surface area contributed by atoms with Gasteiger partial charge in [-0.3, -0.25) is 4.79 Å². The van der Waals surface area contributed by atoms with E-state index in [1.807, 2.05) is 6.92 Å². The van der Waals surface area contributed by atoms with Gasteiger partial charge in [-0.1, -0.05) is 0 Å². The topological polar surface area (TPSA) is 75.2 Å². The first-order valence-electron chi connectivity index (χ1n) is 4.78. The number of aromatic nitrogens is 2. The summed E-state index contributed by atoms with van der Waals surface area (Å²) in [6.45, 7) is 1.83. The van der Waals surface area contributed by atoms with E-state index in [1.54, 1.807) is 12.1 Å². The molecule has 5 nitrogen and oxygen atoms in total. The number of aromatic amines is 1. The molecular weight excluding hydrogens is 288 g/mol. The van der Waals surface area contributed by atoms with E-state index in [0.717, 1.165) is 5.56 Å². The van der Waals surface area contributed by atoms with Gasteiger partial charge in [-0.05, 0) is 40.5 Å². The van der Waals surface area contributed by atoms with Gasteiger partial charge in [-0.15, -0.1) is 0 Å². The Labute approximate surface area is 105 Å². The Balaban J connectivity index is 2.38. The van der Waals surface area contributed by atoms with Crippen LogP contribution in [0.2, 0.25) is 0 Å². The number of aromatic hydroxyl groups is 1. The lowest BCUT2D eigenvalue weighted by molar-refractivity contribution is 0.441. The average Bonchev–Trinajstić information content (AvgIpc) is 2.23. The highest BCUT2D eigenvalue weighted by molar-refractivity contribution is 9.10. The lowest BCUT2D eigenvalue weighted by Crippen LogP contribution is -2.08. The van der Waals surface area contributed by atoms with Gasteiger partial charge >= 0.3 is 0 Å². The molecule has 0 saturated carbocycles. The van der Waals surface area contributed by atoms with Gasteiger partial charge in [0, 0.05) is 6.07 Å². The number of halogens is 1. The molecule has 0 atom stereocenters. The minimum atomic E-state index is -0.327. The summed E-state index contributed by atoms with van der Waals surface area (Å²) >= 11 is 3.08. The summed E-state index contributed by atoms with van der Waals surface area (Å²) in [5, 5.41) is 9.42. The minimum absolute atomic E-state index is 0.0981. The molecule has 0 aliphatic heterocycles. The maximum Gasteiger partial charge on any atom is 0.268 e. The van der Waals surface area contributed by atoms with Crippen molar-refractivity contribution in [1.82, 2.24) is 9.97 Å². The standard InChI is InChI=1S/C11H9BrN2O3/c1-6-2-7(15)4-8(3-6)17-11-9(12)10(16)13-5-14-11/h2-5,15H,1H3,(H,13,14,16). The normalized spacial score (nSPS) is 10.2. The third-order valence-corrected chi connectivity index (χ3v) is 2.71. The first kappa shape index (κ1) is 11.7. The number of phenolic OH excluding ortho intramolecular Hbond substituents is 1. The monoisotopic (exact) mass is 296 g/mol. The van der Waals surface area contributed by atoms with Crippen LogP contribution in [0.15, 0.2) is 33.8 Å². The van der Waals surface area contributed by atoms with Crippen molar-refractivity contribution in [2.24, 2.45) is 0 Å². The van der Waals surface area contributed by atoms with E-state index in [-0.39, 0.29) is 21.7 Å². The number of phenols is 1. The van der Waals surface area contributed by atoms with E-state index < -0.39 is 0 Å². The molecule has 0 aliphatic rings. The van der Waals surface area contributed by atoms with Crippen molar-refractivity contribution in [2.75, 3.05) is 0 Å². The minimum Gasteiger partial charge on any atom is -0.508 e. The van der Waals surface area contributed by atoms with Gasteiger partial charge < -0.3 is 14.8 Å². The molecule has 17 heavy (non-hydrogen) atoms. The molecule has 0 bridgehead atoms. The second-order valence-electron chi connectivity index (χ2n) is 3.46. The van der Waals surface area contributed by atoms with Gasteiger partial charge in [0.05, 0.1) is 6.33 Å². The molecule has 1 aromatic carbocycles. The van der Waals surface area contributed by atoms with Crippen LogP contribution in [-0.2, 0) is 0 Å². The van der Waals surface area contributed by atoms with Gasteiger partial charge in [0.15, 0.2) is 0 Å². The van der Waals surface area contributed by atoms with Crippen molar-refractivity contribution >= 4 is 15.9 Å². The molecule has 2 aromatic rings. The molecule has 6 heteroatoms. The zero-order valence-electron chi connectivity index (χ0n) is 8.90. The summed E-state index contributed by atoms with van der Waals surface area (Å²) in [7, 11) is 0. The molecule has 1 heterocycles. The third-order valence-electron chi connectivity index (χ3n) is 2.01. The number of benzene rings is 1. The molecule has 0 saturated heterocycles. The number of aryl methyl sites for hydroxylation is 1. The summed E-state index contributed by atoms with van der Waals surface area (Å²) in [5.74, 6) is 0.668. The first-order chi connectivity index (χ1) is 8.06. The second-order valence-corrected chi connectivity index (χ2v) is 4.25. The van der Waals surface area contributed by atoms with Crippen molar-refractivity contribution in [2.45, 2.75) is 6.92 Å². The molecule has 0 unspecified atom stereocenters. The highest BCUT2D eigenvalue weighted by Crippen LogP contribution is 2.27. The van der Waals surface area contributed by atoms with Crippen LogP contribution in [0.1, 0.15) is 5.56 Å². The Bertz CT molecular complexity index is 590. The van der Waals surface area contributed by atoms with E-state index >= 15 is 0 Å². The fourth-order valence-corrected chi connectivity index (χ4v) is 1.63. The Morgan fingerprint density at radius 1 is 1.41 bits per heavy atom. The lowest BCUT2D eigenvalue weighted by Gasteiger charge is -2.06. The van der Waals surface area contributed by atoms with Crippen LogP contribution in [0.4, 0.5) is 0 Å². The van der Waals surface area contributed by atoms with Crippen molar-refractivity contribution < 1.29 is 9.84 Å². The Kier molecular flexibility index (Phi) is 3.14. The Morgan fingerprint density at radius 2 is 2.18 bits per heavy atom. The first-order valence-corrected chi connectivity index (χ1v) is 5.57. The SMILES string of the molecule is Cc1cc(O)cc(Oc2nc[nH]c(=O)c2Br)c1. The zero-order valence-corrected chi connectivity index (χ0v) is 10.5. The van der Waals surface area contributed by atoms with Crippen molar-refractivity contribution in [1.29, 1.82) is 0 Å². The molecular formula is C11H9BrN2O3. The maximum atomic E-state index is 11.3. The van der Waals surface area contributed by atoms with Gasteiger partial charge in [0.1, 0.15) is 16.0 Å². The van der Waals surface area contributed by atoms with Gasteiger partial charge in [0.25, 0.3) is 5.56 Å². The van der Waals surface area contributed by atoms with Crippen LogP contribution in [-0.4, -0.2) is 15.1 Å². The molecule has 1 aromatic heterocycles. The van der Waals surface area contributed by atoms with E-state index in [2.05, 4.69) is 25.9 Å². The summed E-state index contributed by atoms with van der Waals surface area (Å²) in [5.41, 5.74) is 0.521. The van der Waals surface area contributed by atoms with E-state index in [1.165, 1.54) is 12.4 Å². The van der Waals surface area contributed by atoms with Gasteiger partial charge in [0.2, 0.25) is 5.88 Å². The number of hydrogen-bond acceptors (Lipinski definition) is 4. The van der Waals surface area contributed by atoms with Crippen LogP contribution in [0, 0.1) is 6.92 Å². The van der Waals surface area contributed by atoms with Crippen molar-refractivity contribution in [3.63, 3.8) is 0 Å². The predicted octanol–water partition coefficient (Wildman–Crippen LogP) is 2.34. The van der Waals surface area contributed by atoms with Crippen molar-refractivity contribution in [3.05, 3.63) is 44.9 Å². The van der Waals surface area contributed by atoms with E-state index in [4.69, 9.17) is 4.74 Å². The maximum absolute atomic E-state index is 11.3. The predicted molar refractivity (Wildman–Crippen MR) is 65.5 cm³/mol. The molecule has 0 aliphatic carbocycles. The quantitative estimate of drug-likeness (QED) is 0.892. The van der Waals surface area contributed by atoms with Gasteiger partial charge in [-0.2, -0.15) is 0 Å². The fraction of sp³-hybridized carbons (Fsp3) is 0.0909. The Morgan fingerprint density at radius 3 is 2.88 bits per heavy atom. The Hall–Kier alpha value is -1.82. The number of H-pyrrole nitrogens is 1. The highest BCUT2D eigenvalue weighted by atomic mass is 79.9. The van der Waals surface area contributed by atoms with Crippen LogP contribution >= 0.6 is 15.9 Å². The summed E-state index contributed by atoms with van der Waals surface area (Å²) in [6.07, 6.45) is 1.25. The number of nitrogens with one attached hydrogen (secondary N) is 1. The van der Waals surface area contributed by atoms with E-state index in [9.17, 15) is 9.90 Å². The average molecular weight is 297 g/mol. The smallest absolute Gasteiger partial charge is 0.268 e. The summed E-state index contributed by atoms with van der Waals surface area (Å²) in [4.78, 5) is 17.6. The van der Waals surface area contributed by atoms with Crippen LogP contribution in [0.25, 0.3) is 0 Å². The molecule has 0 spiro atoms. The highest BCUT2D eigenvalue weighted by Gasteiger charge is 2.08. The van der Waals surface area contributed by atoms with Gasteiger partial charge in [-0.25, -0.2) is 4.98 Å². The largest absolute Gasteiger partial charge is 0.508 e. The second kappa shape index (κ2) is 4.58. The third kappa shape index (κ3) is 2.65. The molecule has 0 fully saturated rings. The van der Waals surface area contributed by atoms with E-state index in [0.29, 0.717) is 5.75 Å². The van der Waals surface area contributed by atoms with Crippen LogP contribution in [0.3, 0.4) is 0 Å². The fourth-order valence-electron chi connectivity index (χ4n) is 1.34. The molecule has 2 rings (SSSR count). The van der Waals surface area contributed by atoms with Crippen LogP contribution in [0.5, 0.6) is 17.4 Å². The molecule has 0 amide bonds. The number of rotatable bonds is 2. The number of nitrogens with zero attached hydrogens (tertiary/aromatic N) is 1. The number of ether oxygens (including phenoxy) is 1. The molecule has 2 N–H and O–H groups in total.